The normalized spacial score (nSPS) is 9.44. The van der Waals surface area contributed by atoms with Crippen LogP contribution in [0.2, 0.25) is 0 Å². The summed E-state index contributed by atoms with van der Waals surface area (Å²) in [4.78, 5) is 3.82. The fraction of sp³-hybridized carbons (Fsp3) is 0.571. The lowest BCUT2D eigenvalue weighted by Gasteiger charge is -1.83. The predicted molar refractivity (Wildman–Crippen MR) is 43.7 cm³/mol. The first-order chi connectivity index (χ1) is 4.27. The highest BCUT2D eigenvalue weighted by Crippen LogP contribution is 1.68. The summed E-state index contributed by atoms with van der Waals surface area (Å²) >= 11 is 0. The Morgan fingerprint density at radius 1 is 1.67 bits per heavy atom. The van der Waals surface area contributed by atoms with Crippen LogP contribution in [-0.2, 0) is 0 Å². The maximum atomic E-state index is 5.18. The molecule has 2 nitrogen and oxygen atoms in total. The van der Waals surface area contributed by atoms with Gasteiger partial charge < -0.3 is 5.73 Å². The number of hydrogen-bond donors (Lipinski definition) is 1. The van der Waals surface area contributed by atoms with Gasteiger partial charge in [-0.2, -0.15) is 0 Å². The quantitative estimate of drug-likeness (QED) is 0.342. The van der Waals surface area contributed by atoms with Gasteiger partial charge in [-0.25, -0.2) is 0 Å². The van der Waals surface area contributed by atoms with Gasteiger partial charge in [0.2, 0.25) is 0 Å². The second-order valence-electron chi connectivity index (χ2n) is 1.27. The number of amidine groups is 1. The van der Waals surface area contributed by atoms with E-state index in [-0.39, 0.29) is 0 Å². The minimum atomic E-state index is 0.611. The Kier molecular flexibility index (Phi) is 12.6. The molecule has 0 aliphatic rings. The summed E-state index contributed by atoms with van der Waals surface area (Å²) in [6.07, 6.45) is 1.70. The summed E-state index contributed by atoms with van der Waals surface area (Å²) in [6, 6.07) is 0. The van der Waals surface area contributed by atoms with Crippen LogP contribution in [0.15, 0.2) is 17.6 Å². The summed E-state index contributed by atoms with van der Waals surface area (Å²) in [5, 5.41) is 0. The van der Waals surface area contributed by atoms with Gasteiger partial charge >= 0.3 is 0 Å². The van der Waals surface area contributed by atoms with Gasteiger partial charge in [-0.15, -0.1) is 6.58 Å². The van der Waals surface area contributed by atoms with E-state index >= 15 is 0 Å². The molecule has 9 heavy (non-hydrogen) atoms. The minimum Gasteiger partial charge on any atom is -0.388 e. The van der Waals surface area contributed by atoms with Crippen LogP contribution in [0.1, 0.15) is 20.8 Å². The van der Waals surface area contributed by atoms with Crippen molar-refractivity contribution in [3.8, 4) is 0 Å². The van der Waals surface area contributed by atoms with Crippen LogP contribution in [0.4, 0.5) is 0 Å². The third-order valence-electron chi connectivity index (χ3n) is 0.470. The van der Waals surface area contributed by atoms with Gasteiger partial charge in [0.05, 0.1) is 12.4 Å². The van der Waals surface area contributed by atoms with Gasteiger partial charge in [0.15, 0.2) is 0 Å². The smallest absolute Gasteiger partial charge is 0.0909 e. The van der Waals surface area contributed by atoms with Crippen molar-refractivity contribution in [1.82, 2.24) is 0 Å². The van der Waals surface area contributed by atoms with Crippen LogP contribution in [-0.4, -0.2) is 12.4 Å². The van der Waals surface area contributed by atoms with Crippen molar-refractivity contribution < 1.29 is 0 Å². The lowest BCUT2D eigenvalue weighted by atomic mass is 10.6. The summed E-state index contributed by atoms with van der Waals surface area (Å²) in [5.41, 5.74) is 5.18. The van der Waals surface area contributed by atoms with Crippen molar-refractivity contribution in [3.05, 3.63) is 12.7 Å². The molecule has 0 saturated heterocycles. The first kappa shape index (κ1) is 11.1. The molecule has 0 rings (SSSR count). The van der Waals surface area contributed by atoms with Gasteiger partial charge in [-0.05, 0) is 6.92 Å². The highest BCUT2D eigenvalue weighted by atomic mass is 14.8. The van der Waals surface area contributed by atoms with Crippen LogP contribution >= 0.6 is 0 Å². The highest BCUT2D eigenvalue weighted by Gasteiger charge is 1.70. The molecule has 0 radical (unpaired) electrons. The van der Waals surface area contributed by atoms with Crippen LogP contribution in [0, 0.1) is 0 Å². The molecule has 0 aromatic carbocycles. The minimum absolute atomic E-state index is 0.611. The molecule has 0 amide bonds. The largest absolute Gasteiger partial charge is 0.388 e. The number of rotatable bonds is 2. The van der Waals surface area contributed by atoms with E-state index < -0.39 is 0 Å². The zero-order chi connectivity index (χ0) is 7.70. The van der Waals surface area contributed by atoms with Gasteiger partial charge in [0.1, 0.15) is 0 Å². The summed E-state index contributed by atoms with van der Waals surface area (Å²) in [7, 11) is 0. The van der Waals surface area contributed by atoms with Crippen LogP contribution < -0.4 is 5.73 Å². The molecule has 0 atom stereocenters. The number of aliphatic imine (C=N–C) groups is 1. The summed E-state index contributed by atoms with van der Waals surface area (Å²) < 4.78 is 0. The maximum Gasteiger partial charge on any atom is 0.0909 e. The Balaban J connectivity index is 0. The Morgan fingerprint density at radius 3 is 2.22 bits per heavy atom. The topological polar surface area (TPSA) is 38.4 Å². The second kappa shape index (κ2) is 10.2. The van der Waals surface area contributed by atoms with Crippen LogP contribution in [0.3, 0.4) is 0 Å². The predicted octanol–water partition coefficient (Wildman–Crippen LogP) is 1.58. The lowest BCUT2D eigenvalue weighted by Crippen LogP contribution is -2.05. The van der Waals surface area contributed by atoms with Gasteiger partial charge in [0.25, 0.3) is 0 Å². The summed E-state index contributed by atoms with van der Waals surface area (Å²) in [6.45, 7) is 9.85. The average molecular weight is 128 g/mol. The Morgan fingerprint density at radius 2 is 2.11 bits per heavy atom. The molecule has 0 aromatic rings. The van der Waals surface area contributed by atoms with Crippen molar-refractivity contribution in [2.24, 2.45) is 10.7 Å². The Bertz CT molecular complexity index is 80.9. The third-order valence-corrected chi connectivity index (χ3v) is 0.470. The zero-order valence-corrected chi connectivity index (χ0v) is 6.52. The molecule has 0 heterocycles. The molecule has 0 fully saturated rings. The molecule has 0 spiro atoms. The maximum absolute atomic E-state index is 5.18. The van der Waals surface area contributed by atoms with Crippen molar-refractivity contribution in [3.63, 3.8) is 0 Å². The number of nitrogens with zero attached hydrogens (tertiary/aromatic N) is 1. The molecule has 54 valence electrons. The molecule has 0 aromatic heterocycles. The molecular formula is C7H16N2. The Hall–Kier alpha value is -0.790. The van der Waals surface area contributed by atoms with Crippen molar-refractivity contribution in [1.29, 1.82) is 0 Å². The molecule has 2 heteroatoms. The third kappa shape index (κ3) is 19.0. The van der Waals surface area contributed by atoms with Crippen molar-refractivity contribution in [2.75, 3.05) is 6.54 Å². The molecule has 0 aliphatic carbocycles. The van der Waals surface area contributed by atoms with E-state index in [1.807, 2.05) is 13.8 Å². The average Bonchev–Trinajstić information content (AvgIpc) is 1.88. The van der Waals surface area contributed by atoms with E-state index in [4.69, 9.17) is 5.73 Å². The monoisotopic (exact) mass is 128 g/mol. The number of hydrogen-bond acceptors (Lipinski definition) is 1. The first-order valence-electron chi connectivity index (χ1n) is 3.15. The lowest BCUT2D eigenvalue weighted by molar-refractivity contribution is 1.23. The van der Waals surface area contributed by atoms with E-state index in [1.165, 1.54) is 0 Å². The molecule has 0 saturated carbocycles. The van der Waals surface area contributed by atoms with E-state index in [1.54, 1.807) is 13.0 Å². The SMILES string of the molecule is C=CCN=C(C)N.CC. The van der Waals surface area contributed by atoms with E-state index in [0.717, 1.165) is 0 Å². The van der Waals surface area contributed by atoms with Crippen LogP contribution in [0.25, 0.3) is 0 Å². The highest BCUT2D eigenvalue weighted by molar-refractivity contribution is 5.77. The van der Waals surface area contributed by atoms with Crippen molar-refractivity contribution >= 4 is 5.84 Å². The van der Waals surface area contributed by atoms with E-state index in [2.05, 4.69) is 11.6 Å². The number of nitrogens with two attached hydrogens (primary N) is 1. The van der Waals surface area contributed by atoms with E-state index in [0.29, 0.717) is 12.4 Å². The van der Waals surface area contributed by atoms with E-state index in [9.17, 15) is 0 Å². The van der Waals surface area contributed by atoms with Gasteiger partial charge in [-0.3, -0.25) is 4.99 Å². The first-order valence-corrected chi connectivity index (χ1v) is 3.15. The molecule has 0 bridgehead atoms. The fourth-order valence-electron chi connectivity index (χ4n) is 0.209. The molecule has 0 unspecified atom stereocenters. The second-order valence-corrected chi connectivity index (χ2v) is 1.27. The molecular weight excluding hydrogens is 112 g/mol. The summed E-state index contributed by atoms with van der Waals surface area (Å²) in [5.74, 6) is 0.611. The van der Waals surface area contributed by atoms with Crippen molar-refractivity contribution in [2.45, 2.75) is 20.8 Å². The molecule has 0 aliphatic heterocycles. The van der Waals surface area contributed by atoms with Gasteiger partial charge in [-0.1, -0.05) is 19.9 Å². The van der Waals surface area contributed by atoms with Crippen LogP contribution in [0.5, 0.6) is 0 Å². The zero-order valence-electron chi connectivity index (χ0n) is 6.52. The molecule has 2 N–H and O–H groups in total. The fourth-order valence-corrected chi connectivity index (χ4v) is 0.209. The standard InChI is InChI=1S/C5H10N2.C2H6/c1-3-4-7-5(2)6;1-2/h3H,1,4H2,2H3,(H2,6,7);1-2H3. The van der Waals surface area contributed by atoms with Gasteiger partial charge in [0, 0.05) is 0 Å². The Labute approximate surface area is 57.5 Å².